The largest absolute Gasteiger partial charge is 0.434 e. The molecular weight excluding hydrogens is 514 g/mol. The molecule has 1 aromatic carbocycles. The summed E-state index contributed by atoms with van der Waals surface area (Å²) in [5.74, 6) is -1.43. The number of hydrogen-bond acceptors (Lipinski definition) is 5. The highest BCUT2D eigenvalue weighted by Crippen LogP contribution is 2.48. The second-order valence-corrected chi connectivity index (χ2v) is 9.55. The summed E-state index contributed by atoms with van der Waals surface area (Å²) in [7, 11) is 0. The monoisotopic (exact) mass is 535 g/mol. The van der Waals surface area contributed by atoms with Crippen molar-refractivity contribution in [1.29, 1.82) is 0 Å². The number of anilines is 3. The molecule has 0 saturated heterocycles. The van der Waals surface area contributed by atoms with Gasteiger partial charge in [0.05, 0.1) is 11.0 Å². The van der Waals surface area contributed by atoms with E-state index >= 15 is 0 Å². The van der Waals surface area contributed by atoms with Crippen LogP contribution >= 0.6 is 0 Å². The number of carbonyl (C=O) groups excluding carboxylic acids is 2. The van der Waals surface area contributed by atoms with Gasteiger partial charge in [-0.3, -0.25) is 14.6 Å². The van der Waals surface area contributed by atoms with Crippen LogP contribution in [0, 0.1) is 12.7 Å². The molecule has 3 aromatic heterocycles. The average molecular weight is 536 g/mol. The molecule has 1 N–H and O–H groups in total. The zero-order chi connectivity index (χ0) is 28.1. The fraction of sp³-hybridized carbons (Fsp3) is 0.179. The van der Waals surface area contributed by atoms with Gasteiger partial charge in [-0.15, -0.1) is 0 Å². The number of fused-ring (bicyclic) bond motifs is 1. The quantitative estimate of drug-likeness (QED) is 0.314. The van der Waals surface area contributed by atoms with E-state index in [0.29, 0.717) is 22.5 Å². The van der Waals surface area contributed by atoms with E-state index in [2.05, 4.69) is 20.3 Å². The lowest BCUT2D eigenvalue weighted by Gasteiger charge is -2.20. The summed E-state index contributed by atoms with van der Waals surface area (Å²) in [5, 5.41) is 2.32. The van der Waals surface area contributed by atoms with Crippen LogP contribution in [0.4, 0.5) is 34.9 Å². The van der Waals surface area contributed by atoms with E-state index in [0.717, 1.165) is 18.3 Å². The first-order valence-corrected chi connectivity index (χ1v) is 11.8. The zero-order valence-electron chi connectivity index (χ0n) is 21.0. The molecule has 4 aromatic rings. The molecule has 4 heterocycles. The fourth-order valence-corrected chi connectivity index (χ4v) is 4.54. The maximum Gasteiger partial charge on any atom is 0.434 e. The summed E-state index contributed by atoms with van der Waals surface area (Å²) in [5.41, 5.74) is -1.96. The van der Waals surface area contributed by atoms with Crippen molar-refractivity contribution in [2.75, 3.05) is 10.2 Å². The van der Waals surface area contributed by atoms with E-state index in [4.69, 9.17) is 0 Å². The van der Waals surface area contributed by atoms with Crippen LogP contribution in [0.5, 0.6) is 0 Å². The third-order valence-corrected chi connectivity index (χ3v) is 6.53. The molecule has 1 aliphatic heterocycles. The van der Waals surface area contributed by atoms with Gasteiger partial charge in [-0.25, -0.2) is 19.3 Å². The lowest BCUT2D eigenvalue weighted by atomic mass is 9.82. The number of hydrogen-bond donors (Lipinski definition) is 1. The molecule has 2 amide bonds. The zero-order valence-corrected chi connectivity index (χ0v) is 21.0. The molecule has 7 nitrogen and oxygen atoms in total. The molecule has 1 aliphatic rings. The predicted molar refractivity (Wildman–Crippen MR) is 136 cm³/mol. The minimum atomic E-state index is -4.94. The number of halogens is 4. The van der Waals surface area contributed by atoms with Gasteiger partial charge < -0.3 is 5.32 Å². The molecular formula is C28H21F4N5O2. The lowest BCUT2D eigenvalue weighted by Crippen LogP contribution is -2.33. The van der Waals surface area contributed by atoms with Gasteiger partial charge in [-0.05, 0) is 68.3 Å². The number of pyridine rings is 3. The van der Waals surface area contributed by atoms with E-state index in [9.17, 15) is 27.2 Å². The van der Waals surface area contributed by atoms with Crippen molar-refractivity contribution in [2.45, 2.75) is 32.4 Å². The molecule has 0 unspecified atom stereocenters. The van der Waals surface area contributed by atoms with E-state index in [1.165, 1.54) is 36.4 Å². The summed E-state index contributed by atoms with van der Waals surface area (Å²) in [4.78, 5) is 40.1. The Morgan fingerprint density at radius 2 is 1.77 bits per heavy atom. The van der Waals surface area contributed by atoms with Gasteiger partial charge in [0.25, 0.3) is 5.91 Å². The van der Waals surface area contributed by atoms with E-state index in [-0.39, 0.29) is 23.0 Å². The van der Waals surface area contributed by atoms with Crippen molar-refractivity contribution < 1.29 is 27.2 Å². The predicted octanol–water partition coefficient (Wildman–Crippen LogP) is 6.21. The van der Waals surface area contributed by atoms with E-state index in [1.807, 2.05) is 0 Å². The molecule has 0 bridgehead atoms. The van der Waals surface area contributed by atoms with Gasteiger partial charge in [-0.1, -0.05) is 12.1 Å². The standard InChI is InChI=1S/C28H21F4N5O2/c1-15-7-8-17(13-20(15)29)36-25(38)19-12-16(14-35-23(19)28(30,31)32)18-9-11-34-24-22(18)27(2,3)26(39)37(24)21-6-4-5-10-33-21/h4-14H,1-3H3,(H,36,38). The molecule has 11 heteroatoms. The highest BCUT2D eigenvalue weighted by atomic mass is 19.4. The normalized spacial score (nSPS) is 14.3. The Morgan fingerprint density at radius 3 is 2.44 bits per heavy atom. The second-order valence-electron chi connectivity index (χ2n) is 9.55. The Hall–Kier alpha value is -4.67. The van der Waals surface area contributed by atoms with Crippen LogP contribution in [0.15, 0.2) is 67.1 Å². The molecule has 198 valence electrons. The van der Waals surface area contributed by atoms with Crippen LogP contribution in [0.3, 0.4) is 0 Å². The fourth-order valence-electron chi connectivity index (χ4n) is 4.54. The maximum absolute atomic E-state index is 14.0. The van der Waals surface area contributed by atoms with E-state index < -0.39 is 34.6 Å². The average Bonchev–Trinajstić information content (AvgIpc) is 3.11. The molecule has 0 fully saturated rings. The van der Waals surface area contributed by atoms with Crippen LogP contribution in [-0.2, 0) is 16.4 Å². The van der Waals surface area contributed by atoms with Crippen molar-refractivity contribution in [1.82, 2.24) is 15.0 Å². The number of aryl methyl sites for hydroxylation is 1. The summed E-state index contributed by atoms with van der Waals surface area (Å²) in [6, 6.07) is 11.5. The number of alkyl halides is 3. The highest BCUT2D eigenvalue weighted by Gasteiger charge is 2.48. The molecule has 0 spiro atoms. The number of benzene rings is 1. The van der Waals surface area contributed by atoms with Crippen molar-refractivity contribution in [2.24, 2.45) is 0 Å². The molecule has 39 heavy (non-hydrogen) atoms. The number of nitrogens with one attached hydrogen (secondary N) is 1. The lowest BCUT2D eigenvalue weighted by molar-refractivity contribution is -0.141. The van der Waals surface area contributed by atoms with Gasteiger partial charge in [-0.2, -0.15) is 13.2 Å². The smallest absolute Gasteiger partial charge is 0.322 e. The summed E-state index contributed by atoms with van der Waals surface area (Å²) in [6.07, 6.45) is -0.979. The summed E-state index contributed by atoms with van der Waals surface area (Å²) < 4.78 is 55.6. The minimum absolute atomic E-state index is 0.0100. The number of carbonyl (C=O) groups is 2. The molecule has 0 atom stereocenters. The van der Waals surface area contributed by atoms with E-state index in [1.54, 1.807) is 38.1 Å². The van der Waals surface area contributed by atoms with Gasteiger partial charge in [0.1, 0.15) is 17.5 Å². The number of nitrogens with zero attached hydrogens (tertiary/aromatic N) is 4. The maximum atomic E-state index is 14.0. The molecule has 0 aliphatic carbocycles. The topological polar surface area (TPSA) is 88.1 Å². The first-order chi connectivity index (χ1) is 18.4. The SMILES string of the molecule is Cc1ccc(NC(=O)c2cc(-c3ccnc4c3C(C)(C)C(=O)N4c3ccccn3)cnc2C(F)(F)F)cc1F. The summed E-state index contributed by atoms with van der Waals surface area (Å²) >= 11 is 0. The van der Waals surface area contributed by atoms with Crippen molar-refractivity contribution in [3.8, 4) is 11.1 Å². The Bertz CT molecular complexity index is 1620. The highest BCUT2D eigenvalue weighted by molar-refractivity contribution is 6.13. The van der Waals surface area contributed by atoms with Crippen LogP contribution in [0.25, 0.3) is 11.1 Å². The molecule has 5 rings (SSSR count). The van der Waals surface area contributed by atoms with Crippen LogP contribution < -0.4 is 10.2 Å². The Morgan fingerprint density at radius 1 is 1.00 bits per heavy atom. The molecule has 0 radical (unpaired) electrons. The second kappa shape index (κ2) is 9.26. The number of aromatic nitrogens is 3. The Labute approximate surface area is 220 Å². The first kappa shape index (κ1) is 26.0. The van der Waals surface area contributed by atoms with Gasteiger partial charge in [0, 0.05) is 35.4 Å². The van der Waals surface area contributed by atoms with Gasteiger partial charge >= 0.3 is 6.18 Å². The van der Waals surface area contributed by atoms with Gasteiger partial charge in [0.15, 0.2) is 5.69 Å². The molecule has 0 saturated carbocycles. The van der Waals surface area contributed by atoms with Gasteiger partial charge in [0.2, 0.25) is 5.91 Å². The van der Waals surface area contributed by atoms with Crippen LogP contribution in [-0.4, -0.2) is 26.8 Å². The van der Waals surface area contributed by atoms with Crippen molar-refractivity contribution in [3.05, 3.63) is 95.3 Å². The van der Waals surface area contributed by atoms with Crippen LogP contribution in [0.2, 0.25) is 0 Å². The van der Waals surface area contributed by atoms with Crippen molar-refractivity contribution in [3.63, 3.8) is 0 Å². The van der Waals surface area contributed by atoms with Crippen molar-refractivity contribution >= 4 is 29.1 Å². The number of amides is 2. The Balaban J connectivity index is 1.64. The minimum Gasteiger partial charge on any atom is -0.322 e. The third kappa shape index (κ3) is 4.49. The first-order valence-electron chi connectivity index (χ1n) is 11.8. The van der Waals surface area contributed by atoms with Crippen LogP contribution in [0.1, 0.15) is 41.0 Å². The number of rotatable bonds is 4. The summed E-state index contributed by atoms with van der Waals surface area (Å²) in [6.45, 7) is 4.88. The Kier molecular flexibility index (Phi) is 6.16. The third-order valence-electron chi connectivity index (χ3n) is 6.53.